The van der Waals surface area contributed by atoms with Gasteiger partial charge in [-0.3, -0.25) is 9.55 Å². The molecule has 0 radical (unpaired) electrons. The van der Waals surface area contributed by atoms with Gasteiger partial charge in [-0.25, -0.2) is 9.48 Å². The number of aromatic hydroxyl groups is 1. The van der Waals surface area contributed by atoms with E-state index in [-0.39, 0.29) is 29.1 Å². The minimum atomic E-state index is -2.81. The van der Waals surface area contributed by atoms with Crippen LogP contribution in [-0.2, 0) is 4.74 Å². The van der Waals surface area contributed by atoms with Gasteiger partial charge in [0.05, 0.1) is 29.7 Å². The van der Waals surface area contributed by atoms with E-state index in [2.05, 4.69) is 10.1 Å². The molecule has 3 heterocycles. The molecule has 3 rings (SSSR count). The van der Waals surface area contributed by atoms with Crippen molar-refractivity contribution in [1.82, 2.24) is 19.3 Å². The van der Waals surface area contributed by atoms with Crippen molar-refractivity contribution in [2.24, 2.45) is 0 Å². The molecular weight excluding hydrogens is 322 g/mol. The van der Waals surface area contributed by atoms with E-state index >= 15 is 0 Å². The molecule has 3 aromatic heterocycles. The molecule has 0 aliphatic rings. The number of hydrogen-bond acceptors (Lipinski definition) is 5. The molecule has 0 amide bonds. The van der Waals surface area contributed by atoms with Gasteiger partial charge in [-0.2, -0.15) is 13.9 Å². The standard InChI is InChI=1S/C15H14F2N4O3/c1-3-24-14(23)11-12-9(5-4-6-18-12)20(13(11)22)10-7-19-21(8(10)2)15(16)17/h4-7,15,22H,3H2,1-2H3. The van der Waals surface area contributed by atoms with E-state index in [1.807, 2.05) is 0 Å². The number of nitrogens with zero attached hydrogens (tertiary/aromatic N) is 4. The van der Waals surface area contributed by atoms with Crippen molar-refractivity contribution in [3.63, 3.8) is 0 Å². The van der Waals surface area contributed by atoms with Crippen LogP contribution in [0.3, 0.4) is 0 Å². The van der Waals surface area contributed by atoms with Crippen molar-refractivity contribution >= 4 is 17.0 Å². The highest BCUT2D eigenvalue weighted by atomic mass is 19.3. The smallest absolute Gasteiger partial charge is 0.345 e. The molecule has 1 N–H and O–H groups in total. The van der Waals surface area contributed by atoms with Crippen molar-refractivity contribution < 1.29 is 23.4 Å². The Hall–Kier alpha value is -2.97. The molecule has 0 spiro atoms. The van der Waals surface area contributed by atoms with Gasteiger partial charge in [0.25, 0.3) is 0 Å². The first-order valence-electron chi connectivity index (χ1n) is 7.15. The third-order valence-electron chi connectivity index (χ3n) is 3.62. The molecule has 9 heteroatoms. The summed E-state index contributed by atoms with van der Waals surface area (Å²) in [6.45, 7) is 0.393. The zero-order valence-corrected chi connectivity index (χ0v) is 12.9. The summed E-state index contributed by atoms with van der Waals surface area (Å²) in [5.74, 6) is -1.17. The van der Waals surface area contributed by atoms with Crippen molar-refractivity contribution in [2.45, 2.75) is 20.4 Å². The zero-order chi connectivity index (χ0) is 17.4. The van der Waals surface area contributed by atoms with Crippen LogP contribution in [0.25, 0.3) is 16.7 Å². The van der Waals surface area contributed by atoms with E-state index in [1.165, 1.54) is 23.9 Å². The Labute approximate surface area is 135 Å². The number of esters is 1. The van der Waals surface area contributed by atoms with Gasteiger partial charge in [0.15, 0.2) is 0 Å². The molecule has 0 aromatic carbocycles. The molecule has 0 aliphatic heterocycles. The summed E-state index contributed by atoms with van der Waals surface area (Å²) >= 11 is 0. The molecule has 7 nitrogen and oxygen atoms in total. The number of rotatable bonds is 4. The molecule has 3 aromatic rings. The normalized spacial score (nSPS) is 11.4. The van der Waals surface area contributed by atoms with Crippen LogP contribution in [0.1, 0.15) is 29.5 Å². The minimum Gasteiger partial charge on any atom is -0.494 e. The first-order valence-corrected chi connectivity index (χ1v) is 7.15. The predicted octanol–water partition coefficient (Wildman–Crippen LogP) is 2.81. The van der Waals surface area contributed by atoms with Crippen molar-refractivity contribution in [3.8, 4) is 11.6 Å². The third-order valence-corrected chi connectivity index (χ3v) is 3.62. The Kier molecular flexibility index (Phi) is 3.92. The third kappa shape index (κ3) is 2.29. The summed E-state index contributed by atoms with van der Waals surface area (Å²) in [6, 6.07) is 3.23. The first kappa shape index (κ1) is 15.9. The summed E-state index contributed by atoms with van der Waals surface area (Å²) in [5, 5.41) is 14.2. The average Bonchev–Trinajstić information content (AvgIpc) is 3.04. The number of fused-ring (bicyclic) bond motifs is 1. The predicted molar refractivity (Wildman–Crippen MR) is 80.5 cm³/mol. The average molecular weight is 336 g/mol. The maximum Gasteiger partial charge on any atom is 0.345 e. The highest BCUT2D eigenvalue weighted by Gasteiger charge is 2.27. The van der Waals surface area contributed by atoms with Crippen LogP contribution in [0.4, 0.5) is 8.78 Å². The van der Waals surface area contributed by atoms with Crippen LogP contribution < -0.4 is 0 Å². The zero-order valence-electron chi connectivity index (χ0n) is 12.9. The van der Waals surface area contributed by atoms with Gasteiger partial charge in [-0.05, 0) is 26.0 Å². The van der Waals surface area contributed by atoms with Crippen LogP contribution in [-0.4, -0.2) is 37.0 Å². The largest absolute Gasteiger partial charge is 0.494 e. The minimum absolute atomic E-state index is 0.114. The second-order valence-corrected chi connectivity index (χ2v) is 4.96. The van der Waals surface area contributed by atoms with Crippen LogP contribution in [0, 0.1) is 6.92 Å². The number of ether oxygens (including phenoxy) is 1. The van der Waals surface area contributed by atoms with Crippen LogP contribution >= 0.6 is 0 Å². The number of halogens is 2. The van der Waals surface area contributed by atoms with E-state index in [0.29, 0.717) is 10.2 Å². The van der Waals surface area contributed by atoms with E-state index < -0.39 is 18.4 Å². The Morgan fingerprint density at radius 3 is 2.83 bits per heavy atom. The number of carbonyl (C=O) groups excluding carboxylic acids is 1. The molecule has 0 atom stereocenters. The van der Waals surface area contributed by atoms with Gasteiger partial charge in [0.2, 0.25) is 5.88 Å². The molecule has 24 heavy (non-hydrogen) atoms. The van der Waals surface area contributed by atoms with Crippen molar-refractivity contribution in [3.05, 3.63) is 35.8 Å². The van der Waals surface area contributed by atoms with Gasteiger partial charge >= 0.3 is 12.5 Å². The number of hydrogen-bond donors (Lipinski definition) is 1. The second-order valence-electron chi connectivity index (χ2n) is 4.96. The van der Waals surface area contributed by atoms with E-state index in [9.17, 15) is 18.7 Å². The lowest BCUT2D eigenvalue weighted by atomic mass is 10.2. The second kappa shape index (κ2) is 5.91. The Bertz CT molecular complexity index is 917. The number of aromatic nitrogens is 4. The summed E-state index contributed by atoms with van der Waals surface area (Å²) in [6.07, 6.45) is 2.66. The fraction of sp³-hybridized carbons (Fsp3) is 0.267. The van der Waals surface area contributed by atoms with E-state index in [0.717, 1.165) is 0 Å². The van der Waals surface area contributed by atoms with Gasteiger partial charge in [-0.15, -0.1) is 0 Å². The highest BCUT2D eigenvalue weighted by molar-refractivity contribution is 6.06. The molecule has 0 saturated heterocycles. The molecular formula is C15H14F2N4O3. The fourth-order valence-electron chi connectivity index (χ4n) is 2.57. The summed E-state index contributed by atoms with van der Waals surface area (Å²) < 4.78 is 32.6. The summed E-state index contributed by atoms with van der Waals surface area (Å²) in [5.41, 5.74) is 0.849. The first-order chi connectivity index (χ1) is 11.5. The monoisotopic (exact) mass is 336 g/mol. The SMILES string of the molecule is CCOC(=O)c1c(O)n(-c2cnn(C(F)F)c2C)c2cccnc12. The maximum atomic E-state index is 12.9. The Morgan fingerprint density at radius 2 is 2.21 bits per heavy atom. The molecule has 126 valence electrons. The molecule has 0 fully saturated rings. The lowest BCUT2D eigenvalue weighted by molar-refractivity contribution is 0.0521. The molecule has 0 saturated carbocycles. The van der Waals surface area contributed by atoms with Crippen molar-refractivity contribution in [2.75, 3.05) is 6.61 Å². The van der Waals surface area contributed by atoms with Gasteiger partial charge < -0.3 is 9.84 Å². The van der Waals surface area contributed by atoms with Crippen LogP contribution in [0.2, 0.25) is 0 Å². The number of pyridine rings is 1. The van der Waals surface area contributed by atoms with E-state index in [4.69, 9.17) is 4.74 Å². The fourth-order valence-corrected chi connectivity index (χ4v) is 2.57. The quantitative estimate of drug-likeness (QED) is 0.741. The van der Waals surface area contributed by atoms with Crippen molar-refractivity contribution in [1.29, 1.82) is 0 Å². The lowest BCUT2D eigenvalue weighted by Crippen LogP contribution is -2.05. The summed E-state index contributed by atoms with van der Waals surface area (Å²) in [7, 11) is 0. The van der Waals surface area contributed by atoms with Crippen LogP contribution in [0.15, 0.2) is 24.5 Å². The molecule has 0 aliphatic carbocycles. The topological polar surface area (TPSA) is 82.2 Å². The highest BCUT2D eigenvalue weighted by Crippen LogP contribution is 2.35. The number of alkyl halides is 2. The molecule has 0 bridgehead atoms. The Balaban J connectivity index is 2.30. The maximum absolute atomic E-state index is 12.9. The van der Waals surface area contributed by atoms with Gasteiger partial charge in [-0.1, -0.05) is 0 Å². The number of carbonyl (C=O) groups is 1. The van der Waals surface area contributed by atoms with Gasteiger partial charge in [0.1, 0.15) is 11.1 Å². The Morgan fingerprint density at radius 1 is 1.46 bits per heavy atom. The van der Waals surface area contributed by atoms with Gasteiger partial charge in [0, 0.05) is 6.20 Å². The van der Waals surface area contributed by atoms with E-state index in [1.54, 1.807) is 19.1 Å². The lowest BCUT2D eigenvalue weighted by Gasteiger charge is -2.07. The van der Waals surface area contributed by atoms with Crippen LogP contribution in [0.5, 0.6) is 5.88 Å². The molecule has 0 unspecified atom stereocenters. The summed E-state index contributed by atoms with van der Waals surface area (Å²) in [4.78, 5) is 16.3.